The molecule has 6 nitrogen and oxygen atoms in total. The number of phenolic OH excluding ortho intramolecular Hbond substituents is 2. The Bertz CT molecular complexity index is 1110. The summed E-state index contributed by atoms with van der Waals surface area (Å²) in [5, 5.41) is 30.9. The summed E-state index contributed by atoms with van der Waals surface area (Å²) in [4.78, 5) is 16.6. The molecule has 2 aromatic carbocycles. The molecule has 0 spiro atoms. The molecule has 0 radical (unpaired) electrons. The van der Waals surface area contributed by atoms with Crippen LogP contribution in [0.25, 0.3) is 12.2 Å². The van der Waals surface area contributed by atoms with Crippen molar-refractivity contribution in [3.8, 4) is 11.5 Å². The zero-order chi connectivity index (χ0) is 23.4. The van der Waals surface area contributed by atoms with E-state index in [1.165, 1.54) is 6.08 Å². The smallest absolute Gasteiger partial charge is 0.188 e. The molecule has 0 unspecified atom stereocenters. The summed E-state index contributed by atoms with van der Waals surface area (Å²) in [7, 11) is 7.39. The molecule has 1 aliphatic carbocycles. The molecule has 2 aromatic rings. The molecule has 168 valence electrons. The van der Waals surface area contributed by atoms with Gasteiger partial charge in [0, 0.05) is 39.3 Å². The molecule has 3 N–H and O–H groups in total. The van der Waals surface area contributed by atoms with Gasteiger partial charge in [-0.3, -0.25) is 4.79 Å². The van der Waals surface area contributed by atoms with Gasteiger partial charge in [-0.25, -0.2) is 0 Å². The van der Waals surface area contributed by atoms with Crippen LogP contribution in [0, 0.1) is 0 Å². The number of carbonyl (C=O) groups excluding carboxylic acids is 1. The van der Waals surface area contributed by atoms with Gasteiger partial charge in [-0.05, 0) is 66.8 Å². The Labute approximate surface area is 189 Å². The second kappa shape index (κ2) is 9.64. The Morgan fingerprint density at radius 3 is 2.00 bits per heavy atom. The zero-order valence-corrected chi connectivity index (χ0v) is 19.0. The van der Waals surface area contributed by atoms with Gasteiger partial charge in [-0.15, -0.1) is 0 Å². The van der Waals surface area contributed by atoms with Gasteiger partial charge in [0.15, 0.2) is 5.78 Å². The molecule has 0 aromatic heterocycles. The number of aliphatic hydroxyl groups is 1. The summed E-state index contributed by atoms with van der Waals surface area (Å²) in [5.41, 5.74) is 3.85. The summed E-state index contributed by atoms with van der Waals surface area (Å²) in [6.07, 6.45) is 6.82. The summed E-state index contributed by atoms with van der Waals surface area (Å²) >= 11 is 0. The van der Waals surface area contributed by atoms with Crippen LogP contribution < -0.4 is 9.80 Å². The highest BCUT2D eigenvalue weighted by molar-refractivity contribution is 6.12. The Balaban J connectivity index is 1.83. The highest BCUT2D eigenvalue weighted by Crippen LogP contribution is 2.32. The number of anilines is 2. The standard InChI is InChI=1S/C26H30N2O4/c1-27(2)21-11-8-17(15-24(21)30)10-13-23(29)20-7-5-6-19(26(20)32)14-18-9-12-22(28(3)4)25(31)16-18/h8-16,29-31H,5-7H2,1-4H3. The number of rotatable bonds is 5. The molecule has 1 aliphatic rings. The SMILES string of the molecule is CN(C)c1ccc(C=CC(O)=C2CCCC(=Cc3ccc(N(C)C)c(O)c3)C2=O)cc1O. The number of aliphatic hydroxyl groups excluding tert-OH is 1. The first-order valence-corrected chi connectivity index (χ1v) is 10.5. The third kappa shape index (κ3) is 5.14. The Morgan fingerprint density at radius 2 is 1.44 bits per heavy atom. The summed E-state index contributed by atoms with van der Waals surface area (Å²) in [6.45, 7) is 0. The molecule has 32 heavy (non-hydrogen) atoms. The Kier molecular flexibility index (Phi) is 6.93. The maximum Gasteiger partial charge on any atom is 0.188 e. The second-order valence-electron chi connectivity index (χ2n) is 8.33. The molecule has 0 saturated heterocycles. The van der Waals surface area contributed by atoms with Crippen molar-refractivity contribution in [2.24, 2.45) is 0 Å². The fourth-order valence-electron chi connectivity index (χ4n) is 3.77. The van der Waals surface area contributed by atoms with Gasteiger partial charge in [0.05, 0.1) is 11.4 Å². The van der Waals surface area contributed by atoms with Gasteiger partial charge in [0.25, 0.3) is 0 Å². The summed E-state index contributed by atoms with van der Waals surface area (Å²) < 4.78 is 0. The average molecular weight is 435 g/mol. The van der Waals surface area contributed by atoms with Crippen molar-refractivity contribution in [1.82, 2.24) is 0 Å². The van der Waals surface area contributed by atoms with E-state index in [-0.39, 0.29) is 23.0 Å². The van der Waals surface area contributed by atoms with Crippen molar-refractivity contribution in [2.45, 2.75) is 19.3 Å². The van der Waals surface area contributed by atoms with E-state index < -0.39 is 0 Å². The first kappa shape index (κ1) is 23.0. The minimum atomic E-state index is -0.180. The molecule has 0 bridgehead atoms. The van der Waals surface area contributed by atoms with Crippen LogP contribution in [0.3, 0.4) is 0 Å². The van der Waals surface area contributed by atoms with E-state index in [4.69, 9.17) is 0 Å². The van der Waals surface area contributed by atoms with Crippen LogP contribution in [0.2, 0.25) is 0 Å². The number of aromatic hydroxyl groups is 2. The van der Waals surface area contributed by atoms with E-state index in [1.807, 2.05) is 56.2 Å². The number of Topliss-reactive ketones (excluding diaryl/α,β-unsaturated/α-hetero) is 1. The molecule has 0 heterocycles. The van der Waals surface area contributed by atoms with Crippen LogP contribution in [0.15, 0.2) is 59.4 Å². The number of carbonyl (C=O) groups is 1. The highest BCUT2D eigenvalue weighted by atomic mass is 16.3. The minimum absolute atomic E-state index is 0.0671. The first-order chi connectivity index (χ1) is 15.2. The zero-order valence-electron chi connectivity index (χ0n) is 19.0. The van der Waals surface area contributed by atoms with Gasteiger partial charge in [0.1, 0.15) is 17.3 Å². The van der Waals surface area contributed by atoms with Crippen LogP contribution in [0.1, 0.15) is 30.4 Å². The average Bonchev–Trinajstić information content (AvgIpc) is 2.73. The van der Waals surface area contributed by atoms with Crippen LogP contribution in [-0.2, 0) is 4.79 Å². The van der Waals surface area contributed by atoms with Crippen molar-refractivity contribution < 1.29 is 20.1 Å². The largest absolute Gasteiger partial charge is 0.508 e. The van der Waals surface area contributed by atoms with E-state index >= 15 is 0 Å². The van der Waals surface area contributed by atoms with Gasteiger partial charge in [-0.2, -0.15) is 0 Å². The molecule has 1 fully saturated rings. The third-order valence-electron chi connectivity index (χ3n) is 5.48. The lowest BCUT2D eigenvalue weighted by molar-refractivity contribution is -0.113. The lowest BCUT2D eigenvalue weighted by Crippen LogP contribution is -2.14. The van der Waals surface area contributed by atoms with Crippen molar-refractivity contribution in [1.29, 1.82) is 0 Å². The normalized spacial score (nSPS) is 17.1. The predicted octanol–water partition coefficient (Wildman–Crippen LogP) is 4.89. The lowest BCUT2D eigenvalue weighted by Gasteiger charge is -2.18. The van der Waals surface area contributed by atoms with Gasteiger partial charge >= 0.3 is 0 Å². The van der Waals surface area contributed by atoms with Gasteiger partial charge < -0.3 is 25.1 Å². The number of hydrogen-bond acceptors (Lipinski definition) is 6. The summed E-state index contributed by atoms with van der Waals surface area (Å²) in [6, 6.07) is 10.5. The Morgan fingerprint density at radius 1 is 0.875 bits per heavy atom. The maximum absolute atomic E-state index is 13.0. The van der Waals surface area contributed by atoms with Crippen LogP contribution in [-0.4, -0.2) is 49.3 Å². The molecule has 6 heteroatoms. The monoisotopic (exact) mass is 434 g/mol. The Hall–Kier alpha value is -3.67. The van der Waals surface area contributed by atoms with E-state index in [2.05, 4.69) is 0 Å². The number of allylic oxidation sites excluding steroid dienone is 3. The number of nitrogens with zero attached hydrogens (tertiary/aromatic N) is 2. The number of benzene rings is 2. The fourth-order valence-corrected chi connectivity index (χ4v) is 3.77. The van der Waals surface area contributed by atoms with Crippen LogP contribution in [0.4, 0.5) is 11.4 Å². The predicted molar refractivity (Wildman–Crippen MR) is 130 cm³/mol. The number of ketones is 1. The van der Waals surface area contributed by atoms with Gasteiger partial charge in [-0.1, -0.05) is 18.2 Å². The van der Waals surface area contributed by atoms with Gasteiger partial charge in [0.2, 0.25) is 0 Å². The van der Waals surface area contributed by atoms with Crippen molar-refractivity contribution >= 4 is 29.3 Å². The fraction of sp³-hybridized carbons (Fsp3) is 0.269. The number of phenols is 2. The quantitative estimate of drug-likeness (QED) is 0.459. The molecular formula is C26H30N2O4. The lowest BCUT2D eigenvalue weighted by atomic mass is 9.87. The molecule has 0 aliphatic heterocycles. The van der Waals surface area contributed by atoms with E-state index in [9.17, 15) is 20.1 Å². The van der Waals surface area contributed by atoms with E-state index in [1.54, 1.807) is 30.4 Å². The van der Waals surface area contributed by atoms with Crippen molar-refractivity contribution in [2.75, 3.05) is 38.0 Å². The highest BCUT2D eigenvalue weighted by Gasteiger charge is 2.23. The van der Waals surface area contributed by atoms with E-state index in [0.29, 0.717) is 35.4 Å². The molecule has 0 amide bonds. The third-order valence-corrected chi connectivity index (χ3v) is 5.48. The molecule has 1 saturated carbocycles. The maximum atomic E-state index is 13.0. The van der Waals surface area contributed by atoms with E-state index in [0.717, 1.165) is 17.5 Å². The second-order valence-corrected chi connectivity index (χ2v) is 8.33. The molecule has 0 atom stereocenters. The topological polar surface area (TPSA) is 84.2 Å². The van der Waals surface area contributed by atoms with Crippen LogP contribution >= 0.6 is 0 Å². The van der Waals surface area contributed by atoms with Crippen molar-refractivity contribution in [3.63, 3.8) is 0 Å². The molecular weight excluding hydrogens is 404 g/mol. The minimum Gasteiger partial charge on any atom is -0.508 e. The number of hydrogen-bond donors (Lipinski definition) is 3. The molecule has 3 rings (SSSR count). The van der Waals surface area contributed by atoms with Crippen LogP contribution in [0.5, 0.6) is 11.5 Å². The van der Waals surface area contributed by atoms with Crippen molar-refractivity contribution in [3.05, 3.63) is 70.5 Å². The first-order valence-electron chi connectivity index (χ1n) is 10.5. The summed E-state index contributed by atoms with van der Waals surface area (Å²) in [5.74, 6) is 0.0486.